The summed E-state index contributed by atoms with van der Waals surface area (Å²) in [7, 11) is 1.67. The molecule has 0 aliphatic carbocycles. The van der Waals surface area contributed by atoms with E-state index in [9.17, 15) is 4.79 Å². The third kappa shape index (κ3) is 3.91. The van der Waals surface area contributed by atoms with Crippen LogP contribution in [0.1, 0.15) is 24.4 Å². The number of benzene rings is 1. The van der Waals surface area contributed by atoms with Gasteiger partial charge in [0, 0.05) is 30.1 Å². The highest BCUT2D eigenvalue weighted by Gasteiger charge is 2.31. The first-order chi connectivity index (χ1) is 15.7. The Balaban J connectivity index is 1.32. The minimum Gasteiger partial charge on any atom is -0.496 e. The van der Waals surface area contributed by atoms with Crippen molar-refractivity contribution < 1.29 is 9.53 Å². The number of fused-ring (bicyclic) bond motifs is 1. The molecule has 1 aliphatic rings. The average molecular weight is 447 g/mol. The summed E-state index contributed by atoms with van der Waals surface area (Å²) in [6.07, 6.45) is 5.37. The number of thioether (sulfide) groups is 1. The third-order valence-electron chi connectivity index (χ3n) is 5.57. The van der Waals surface area contributed by atoms with Crippen molar-refractivity contribution in [3.05, 3.63) is 66.5 Å². The minimum absolute atomic E-state index is 0.0460. The molecule has 0 N–H and O–H groups in total. The topological polar surface area (TPSA) is 85.5 Å². The van der Waals surface area contributed by atoms with E-state index in [0.29, 0.717) is 17.2 Å². The predicted octanol–water partition coefficient (Wildman–Crippen LogP) is 3.65. The van der Waals surface area contributed by atoms with Crippen molar-refractivity contribution in [2.45, 2.75) is 23.9 Å². The molecule has 32 heavy (non-hydrogen) atoms. The maximum absolute atomic E-state index is 13.1. The van der Waals surface area contributed by atoms with Gasteiger partial charge < -0.3 is 9.64 Å². The number of ether oxygens (including phenoxy) is 1. The van der Waals surface area contributed by atoms with E-state index in [1.54, 1.807) is 24.0 Å². The Morgan fingerprint density at radius 3 is 2.91 bits per heavy atom. The number of para-hydroxylation sites is 1. The lowest BCUT2D eigenvalue weighted by molar-refractivity contribution is -0.129. The van der Waals surface area contributed by atoms with Crippen LogP contribution in [0.3, 0.4) is 0 Å². The van der Waals surface area contributed by atoms with Gasteiger partial charge in [-0.3, -0.25) is 9.78 Å². The van der Waals surface area contributed by atoms with E-state index in [4.69, 9.17) is 4.74 Å². The molecule has 1 fully saturated rings. The van der Waals surface area contributed by atoms with Crippen LogP contribution >= 0.6 is 11.8 Å². The lowest BCUT2D eigenvalue weighted by Crippen LogP contribution is -2.32. The van der Waals surface area contributed by atoms with Gasteiger partial charge in [-0.1, -0.05) is 30.0 Å². The Labute approximate surface area is 189 Å². The van der Waals surface area contributed by atoms with Gasteiger partial charge in [0.25, 0.3) is 0 Å². The molecule has 1 amide bonds. The van der Waals surface area contributed by atoms with Crippen molar-refractivity contribution >= 4 is 23.3 Å². The quantitative estimate of drug-likeness (QED) is 0.418. The van der Waals surface area contributed by atoms with E-state index < -0.39 is 0 Å². The summed E-state index contributed by atoms with van der Waals surface area (Å²) in [6.45, 7) is 0.755. The average Bonchev–Trinajstić information content (AvgIpc) is 3.50. The molecule has 0 saturated carbocycles. The van der Waals surface area contributed by atoms with Gasteiger partial charge in [-0.2, -0.15) is 9.61 Å². The Hall–Kier alpha value is -3.46. The van der Waals surface area contributed by atoms with Crippen LogP contribution in [0.25, 0.3) is 17.0 Å². The Morgan fingerprint density at radius 1 is 1.16 bits per heavy atom. The lowest BCUT2D eigenvalue weighted by Gasteiger charge is -2.26. The van der Waals surface area contributed by atoms with Gasteiger partial charge in [-0.25, -0.2) is 0 Å². The van der Waals surface area contributed by atoms with Crippen molar-refractivity contribution in [3.63, 3.8) is 0 Å². The summed E-state index contributed by atoms with van der Waals surface area (Å²) in [6, 6.07) is 15.5. The zero-order valence-electron chi connectivity index (χ0n) is 17.6. The fourth-order valence-electron chi connectivity index (χ4n) is 4.07. The number of hydrogen-bond donors (Lipinski definition) is 0. The van der Waals surface area contributed by atoms with E-state index in [1.807, 2.05) is 53.4 Å². The number of carbonyl (C=O) groups excluding carboxylic acids is 1. The molecule has 4 heterocycles. The molecular weight excluding hydrogens is 424 g/mol. The number of methoxy groups -OCH3 is 1. The van der Waals surface area contributed by atoms with Crippen LogP contribution in [-0.2, 0) is 4.79 Å². The number of rotatable bonds is 6. The first-order valence-corrected chi connectivity index (χ1v) is 11.4. The van der Waals surface area contributed by atoms with Crippen molar-refractivity contribution in [2.75, 3.05) is 19.4 Å². The van der Waals surface area contributed by atoms with Crippen LogP contribution in [0.5, 0.6) is 5.75 Å². The Morgan fingerprint density at radius 2 is 2.06 bits per heavy atom. The maximum atomic E-state index is 13.1. The van der Waals surface area contributed by atoms with Crippen LogP contribution in [0.2, 0.25) is 0 Å². The van der Waals surface area contributed by atoms with Gasteiger partial charge in [0.2, 0.25) is 5.91 Å². The number of carbonyl (C=O) groups is 1. The Bertz CT molecular complexity index is 1250. The van der Waals surface area contributed by atoms with Gasteiger partial charge >= 0.3 is 0 Å². The van der Waals surface area contributed by atoms with Crippen molar-refractivity contribution in [1.82, 2.24) is 29.7 Å². The SMILES string of the molecule is COc1ccccc1[C@@H]1CCCN1C(=O)CSc1ccc2nnc(-c3cccnc3)n2n1. The molecule has 1 aromatic carbocycles. The number of pyridine rings is 1. The molecule has 0 spiro atoms. The zero-order chi connectivity index (χ0) is 21.9. The molecule has 0 unspecified atom stereocenters. The molecule has 1 atom stereocenters. The molecular formula is C23H22N6O2S. The van der Waals surface area contributed by atoms with Crippen LogP contribution in [-0.4, -0.2) is 55.0 Å². The fraction of sp³-hybridized carbons (Fsp3) is 0.261. The zero-order valence-corrected chi connectivity index (χ0v) is 18.4. The van der Waals surface area contributed by atoms with Gasteiger partial charge in [-0.15, -0.1) is 10.2 Å². The number of hydrogen-bond acceptors (Lipinski definition) is 7. The highest BCUT2D eigenvalue weighted by Crippen LogP contribution is 2.37. The first-order valence-electron chi connectivity index (χ1n) is 10.4. The Kier molecular flexibility index (Phi) is 5.72. The normalized spacial score (nSPS) is 15.9. The molecule has 4 aromatic rings. The second-order valence-corrected chi connectivity index (χ2v) is 8.48. The second-order valence-electron chi connectivity index (χ2n) is 7.48. The number of amides is 1. The highest BCUT2D eigenvalue weighted by molar-refractivity contribution is 7.99. The lowest BCUT2D eigenvalue weighted by atomic mass is 10.0. The summed E-state index contributed by atoms with van der Waals surface area (Å²) >= 11 is 1.42. The van der Waals surface area contributed by atoms with Crippen LogP contribution in [0, 0.1) is 0 Å². The minimum atomic E-state index is 0.0460. The smallest absolute Gasteiger partial charge is 0.233 e. The van der Waals surface area contributed by atoms with Crippen LogP contribution < -0.4 is 4.74 Å². The fourth-order valence-corrected chi connectivity index (χ4v) is 4.81. The molecule has 5 rings (SSSR count). The number of nitrogens with zero attached hydrogens (tertiary/aromatic N) is 6. The summed E-state index contributed by atoms with van der Waals surface area (Å²) in [5.74, 6) is 1.86. The second kappa shape index (κ2) is 8.96. The number of aromatic nitrogens is 5. The van der Waals surface area contributed by atoms with Gasteiger partial charge in [-0.05, 0) is 43.2 Å². The summed E-state index contributed by atoms with van der Waals surface area (Å²) in [5, 5.41) is 13.8. The molecule has 1 saturated heterocycles. The van der Waals surface area contributed by atoms with Crippen molar-refractivity contribution in [1.29, 1.82) is 0 Å². The third-order valence-corrected chi connectivity index (χ3v) is 6.48. The highest BCUT2D eigenvalue weighted by atomic mass is 32.2. The molecule has 8 nitrogen and oxygen atoms in total. The monoisotopic (exact) mass is 446 g/mol. The van der Waals surface area contributed by atoms with E-state index in [0.717, 1.165) is 41.3 Å². The van der Waals surface area contributed by atoms with Gasteiger partial charge in [0.15, 0.2) is 11.5 Å². The molecule has 3 aromatic heterocycles. The summed E-state index contributed by atoms with van der Waals surface area (Å²) in [5.41, 5.74) is 2.55. The molecule has 0 radical (unpaired) electrons. The van der Waals surface area contributed by atoms with Crippen LogP contribution in [0.4, 0.5) is 0 Å². The van der Waals surface area contributed by atoms with Gasteiger partial charge in [0.1, 0.15) is 10.8 Å². The molecule has 0 bridgehead atoms. The van der Waals surface area contributed by atoms with Crippen LogP contribution in [0.15, 0.2) is 66.0 Å². The first kappa shape index (κ1) is 20.4. The van der Waals surface area contributed by atoms with E-state index in [1.165, 1.54) is 11.8 Å². The summed E-state index contributed by atoms with van der Waals surface area (Å²) < 4.78 is 7.22. The van der Waals surface area contributed by atoms with Crippen molar-refractivity contribution in [3.8, 4) is 17.1 Å². The predicted molar refractivity (Wildman–Crippen MR) is 121 cm³/mol. The van der Waals surface area contributed by atoms with Crippen molar-refractivity contribution in [2.24, 2.45) is 0 Å². The molecule has 9 heteroatoms. The van der Waals surface area contributed by atoms with E-state index in [-0.39, 0.29) is 11.9 Å². The van der Waals surface area contributed by atoms with Gasteiger partial charge in [0.05, 0.1) is 18.9 Å². The summed E-state index contributed by atoms with van der Waals surface area (Å²) in [4.78, 5) is 19.2. The van der Waals surface area contributed by atoms with E-state index in [2.05, 4.69) is 20.3 Å². The van der Waals surface area contributed by atoms with E-state index >= 15 is 0 Å². The molecule has 1 aliphatic heterocycles. The largest absolute Gasteiger partial charge is 0.496 e. The number of likely N-dealkylation sites (tertiary alicyclic amines) is 1. The standard InChI is InChI=1S/C23H22N6O2S/c1-31-19-9-3-2-7-17(19)18-8-5-13-28(18)22(30)15-32-21-11-10-20-25-26-23(29(20)27-21)16-6-4-12-24-14-16/h2-4,6-7,9-12,14,18H,5,8,13,15H2,1H3/t18-/m0/s1. The maximum Gasteiger partial charge on any atom is 0.233 e. The molecule has 162 valence electrons.